The zero-order chi connectivity index (χ0) is 12.5. The van der Waals surface area contributed by atoms with Crippen molar-refractivity contribution >= 4 is 0 Å². The summed E-state index contributed by atoms with van der Waals surface area (Å²) in [6.45, 7) is 3.16. The summed E-state index contributed by atoms with van der Waals surface area (Å²) in [6.07, 6.45) is 3.42. The van der Waals surface area contributed by atoms with Gasteiger partial charge in [-0.3, -0.25) is 0 Å². The summed E-state index contributed by atoms with van der Waals surface area (Å²) >= 11 is 0. The maximum Gasteiger partial charge on any atom is 0.119 e. The molecule has 0 heterocycles. The first-order chi connectivity index (χ1) is 8.26. The van der Waals surface area contributed by atoms with Gasteiger partial charge in [-0.05, 0) is 37.0 Å². The molecule has 17 heavy (non-hydrogen) atoms. The fourth-order valence-electron chi connectivity index (χ4n) is 1.78. The molecule has 0 aliphatic heterocycles. The second-order valence-corrected chi connectivity index (χ2v) is 4.27. The van der Waals surface area contributed by atoms with Crippen LogP contribution in [0.5, 0.6) is 5.75 Å². The molecule has 3 heteroatoms. The topological polar surface area (TPSA) is 55.5 Å². The highest BCUT2D eigenvalue weighted by atomic mass is 16.5. The van der Waals surface area contributed by atoms with E-state index in [0.29, 0.717) is 13.2 Å². The number of aliphatic hydroxyl groups excluding tert-OH is 1. The van der Waals surface area contributed by atoms with Gasteiger partial charge in [-0.15, -0.1) is 0 Å². The summed E-state index contributed by atoms with van der Waals surface area (Å²) in [5, 5.41) is 9.67. The van der Waals surface area contributed by atoms with Crippen molar-refractivity contribution in [3.8, 4) is 5.75 Å². The predicted octanol–water partition coefficient (Wildman–Crippen LogP) is 2.12. The van der Waals surface area contributed by atoms with Crippen LogP contribution in [0.15, 0.2) is 24.3 Å². The average molecular weight is 237 g/mol. The molecule has 0 aromatic heterocycles. The van der Waals surface area contributed by atoms with Crippen molar-refractivity contribution in [2.24, 2.45) is 5.73 Å². The van der Waals surface area contributed by atoms with E-state index in [-0.39, 0.29) is 6.10 Å². The number of ether oxygens (including phenoxy) is 1. The molecule has 0 aliphatic rings. The van der Waals surface area contributed by atoms with Crippen molar-refractivity contribution in [2.45, 2.75) is 38.7 Å². The van der Waals surface area contributed by atoms with Crippen LogP contribution in [0.1, 0.15) is 31.7 Å². The van der Waals surface area contributed by atoms with Gasteiger partial charge in [-0.25, -0.2) is 0 Å². The minimum atomic E-state index is -0.186. The number of rotatable bonds is 8. The molecular formula is C14H23NO2. The van der Waals surface area contributed by atoms with Crippen molar-refractivity contribution < 1.29 is 9.84 Å². The standard InChI is InChI=1S/C14H23NO2/c1-2-4-13(16)8-7-12-5-3-6-14(11-12)17-10-9-15/h3,5-6,11,13,16H,2,4,7-10,15H2,1H3. The Morgan fingerprint density at radius 2 is 2.18 bits per heavy atom. The highest BCUT2D eigenvalue weighted by molar-refractivity contribution is 5.28. The van der Waals surface area contributed by atoms with Gasteiger partial charge >= 0.3 is 0 Å². The maximum atomic E-state index is 9.67. The summed E-state index contributed by atoms with van der Waals surface area (Å²) in [5.41, 5.74) is 6.59. The molecule has 0 bridgehead atoms. The highest BCUT2D eigenvalue weighted by Gasteiger charge is 2.04. The third-order valence-corrected chi connectivity index (χ3v) is 2.67. The Kier molecular flexibility index (Phi) is 6.67. The van der Waals surface area contributed by atoms with E-state index in [0.717, 1.165) is 31.4 Å². The summed E-state index contributed by atoms with van der Waals surface area (Å²) in [7, 11) is 0. The van der Waals surface area contributed by atoms with E-state index in [1.165, 1.54) is 5.56 Å². The molecule has 0 spiro atoms. The first kappa shape index (κ1) is 14.0. The molecule has 0 saturated heterocycles. The maximum absolute atomic E-state index is 9.67. The average Bonchev–Trinajstić information content (AvgIpc) is 2.35. The fourth-order valence-corrected chi connectivity index (χ4v) is 1.78. The van der Waals surface area contributed by atoms with Crippen LogP contribution in [0, 0.1) is 0 Å². The predicted molar refractivity (Wildman–Crippen MR) is 70.2 cm³/mol. The Balaban J connectivity index is 2.42. The minimum absolute atomic E-state index is 0.186. The molecule has 1 rings (SSSR count). The van der Waals surface area contributed by atoms with E-state index in [1.54, 1.807) is 0 Å². The monoisotopic (exact) mass is 237 g/mol. The molecule has 0 fully saturated rings. The second-order valence-electron chi connectivity index (χ2n) is 4.27. The normalized spacial score (nSPS) is 12.4. The number of aliphatic hydroxyl groups is 1. The van der Waals surface area contributed by atoms with Crippen LogP contribution in [-0.4, -0.2) is 24.4 Å². The van der Waals surface area contributed by atoms with Crippen LogP contribution >= 0.6 is 0 Å². The summed E-state index contributed by atoms with van der Waals surface area (Å²) < 4.78 is 5.46. The van der Waals surface area contributed by atoms with Gasteiger partial charge < -0.3 is 15.6 Å². The van der Waals surface area contributed by atoms with Crippen LogP contribution in [0.25, 0.3) is 0 Å². The molecule has 1 aromatic carbocycles. The number of hydrogen-bond donors (Lipinski definition) is 2. The van der Waals surface area contributed by atoms with Crippen molar-refractivity contribution in [3.05, 3.63) is 29.8 Å². The van der Waals surface area contributed by atoms with E-state index in [9.17, 15) is 5.11 Å². The van der Waals surface area contributed by atoms with Gasteiger partial charge in [0.1, 0.15) is 12.4 Å². The molecule has 1 atom stereocenters. The van der Waals surface area contributed by atoms with Crippen LogP contribution in [0.2, 0.25) is 0 Å². The van der Waals surface area contributed by atoms with Gasteiger partial charge in [0.25, 0.3) is 0 Å². The Hall–Kier alpha value is -1.06. The lowest BCUT2D eigenvalue weighted by atomic mass is 10.0. The largest absolute Gasteiger partial charge is 0.492 e. The van der Waals surface area contributed by atoms with Crippen molar-refractivity contribution in [3.63, 3.8) is 0 Å². The van der Waals surface area contributed by atoms with E-state index >= 15 is 0 Å². The SMILES string of the molecule is CCCC(O)CCc1cccc(OCCN)c1. The van der Waals surface area contributed by atoms with E-state index < -0.39 is 0 Å². The fraction of sp³-hybridized carbons (Fsp3) is 0.571. The zero-order valence-corrected chi connectivity index (χ0v) is 10.6. The number of hydrogen-bond acceptors (Lipinski definition) is 3. The van der Waals surface area contributed by atoms with Crippen molar-refractivity contribution in [1.82, 2.24) is 0 Å². The summed E-state index contributed by atoms with van der Waals surface area (Å²) in [5.74, 6) is 0.859. The first-order valence-corrected chi connectivity index (χ1v) is 6.36. The van der Waals surface area contributed by atoms with Gasteiger partial charge in [0.15, 0.2) is 0 Å². The molecule has 0 amide bonds. The van der Waals surface area contributed by atoms with Gasteiger partial charge in [0, 0.05) is 6.54 Å². The molecule has 96 valence electrons. The number of nitrogens with two attached hydrogens (primary N) is 1. The molecule has 3 nitrogen and oxygen atoms in total. The van der Waals surface area contributed by atoms with E-state index in [2.05, 4.69) is 13.0 Å². The smallest absolute Gasteiger partial charge is 0.119 e. The van der Waals surface area contributed by atoms with Crippen molar-refractivity contribution in [2.75, 3.05) is 13.2 Å². The molecule has 1 unspecified atom stereocenters. The minimum Gasteiger partial charge on any atom is -0.492 e. The van der Waals surface area contributed by atoms with Gasteiger partial charge in [0.2, 0.25) is 0 Å². The van der Waals surface area contributed by atoms with Crippen molar-refractivity contribution in [1.29, 1.82) is 0 Å². The lowest BCUT2D eigenvalue weighted by Gasteiger charge is -2.10. The molecule has 3 N–H and O–H groups in total. The lowest BCUT2D eigenvalue weighted by molar-refractivity contribution is 0.154. The van der Waals surface area contributed by atoms with Crippen LogP contribution < -0.4 is 10.5 Å². The molecule has 0 saturated carbocycles. The quantitative estimate of drug-likeness (QED) is 0.728. The molecule has 0 aliphatic carbocycles. The van der Waals surface area contributed by atoms with E-state index in [4.69, 9.17) is 10.5 Å². The lowest BCUT2D eigenvalue weighted by Crippen LogP contribution is -2.10. The second kappa shape index (κ2) is 8.09. The van der Waals surface area contributed by atoms with Crippen LogP contribution in [0.4, 0.5) is 0 Å². The summed E-state index contributed by atoms with van der Waals surface area (Å²) in [4.78, 5) is 0. The Morgan fingerprint density at radius 3 is 2.88 bits per heavy atom. The number of aryl methyl sites for hydroxylation is 1. The van der Waals surface area contributed by atoms with Gasteiger partial charge in [-0.2, -0.15) is 0 Å². The molecule has 0 radical (unpaired) electrons. The van der Waals surface area contributed by atoms with Crippen LogP contribution in [0.3, 0.4) is 0 Å². The Bertz CT molecular complexity index is 315. The van der Waals surface area contributed by atoms with E-state index in [1.807, 2.05) is 18.2 Å². The van der Waals surface area contributed by atoms with Crippen LogP contribution in [-0.2, 0) is 6.42 Å². The Labute approximate surface area is 104 Å². The highest BCUT2D eigenvalue weighted by Crippen LogP contribution is 2.15. The molecular weight excluding hydrogens is 214 g/mol. The number of benzene rings is 1. The van der Waals surface area contributed by atoms with Gasteiger partial charge in [0.05, 0.1) is 6.10 Å². The third kappa shape index (κ3) is 5.71. The van der Waals surface area contributed by atoms with Gasteiger partial charge in [-0.1, -0.05) is 25.5 Å². The molecule has 1 aromatic rings. The zero-order valence-electron chi connectivity index (χ0n) is 10.6. The summed E-state index contributed by atoms with van der Waals surface area (Å²) in [6, 6.07) is 8.00. The third-order valence-electron chi connectivity index (χ3n) is 2.67. The Morgan fingerprint density at radius 1 is 1.35 bits per heavy atom. The first-order valence-electron chi connectivity index (χ1n) is 6.36.